The van der Waals surface area contributed by atoms with E-state index in [4.69, 9.17) is 10.9 Å². The number of aromatic nitrogens is 1. The fraction of sp³-hybridized carbons (Fsp3) is 0.0769. The van der Waals surface area contributed by atoms with Gasteiger partial charge in [-0.25, -0.2) is 13.6 Å². The van der Waals surface area contributed by atoms with Crippen LogP contribution in [-0.2, 0) is 10.0 Å². The first-order valence-corrected chi connectivity index (χ1v) is 7.49. The van der Waals surface area contributed by atoms with E-state index in [1.807, 2.05) is 0 Å². The number of pyridine rings is 1. The van der Waals surface area contributed by atoms with Crippen LogP contribution < -0.4 is 16.2 Å². The molecule has 0 aliphatic rings. The van der Waals surface area contributed by atoms with Gasteiger partial charge in [-0.2, -0.15) is 0 Å². The number of carbonyl (C=O) groups is 1. The molecular weight excluding hydrogens is 292 g/mol. The van der Waals surface area contributed by atoms with Gasteiger partial charge in [-0.15, -0.1) is 0 Å². The smallest absolute Gasteiger partial charge is 0.257 e. The number of rotatable bonds is 3. The summed E-state index contributed by atoms with van der Waals surface area (Å²) in [6, 6.07) is 7.34. The zero-order valence-corrected chi connectivity index (χ0v) is 12.0. The van der Waals surface area contributed by atoms with E-state index in [1.165, 1.54) is 30.5 Å². The Balaban J connectivity index is 2.39. The highest BCUT2D eigenvalue weighted by Crippen LogP contribution is 2.21. The lowest BCUT2D eigenvalue weighted by Crippen LogP contribution is -2.19. The fourth-order valence-electron chi connectivity index (χ4n) is 1.79. The largest absolute Gasteiger partial charge is 0.397 e. The molecule has 0 bridgehead atoms. The SMILES string of the molecule is Cc1ncc(N)cc1C(=O)Nc1ccccc1S(N)(=O)=O. The number of nitrogens with one attached hydrogen (secondary N) is 1. The summed E-state index contributed by atoms with van der Waals surface area (Å²) in [7, 11) is -3.93. The highest BCUT2D eigenvalue weighted by Gasteiger charge is 2.17. The van der Waals surface area contributed by atoms with Crippen molar-refractivity contribution in [3.05, 3.63) is 47.8 Å². The highest BCUT2D eigenvalue weighted by molar-refractivity contribution is 7.89. The Bertz CT molecular complexity index is 803. The molecule has 0 aliphatic carbocycles. The van der Waals surface area contributed by atoms with E-state index in [9.17, 15) is 13.2 Å². The Kier molecular flexibility index (Phi) is 3.92. The Labute approximate surface area is 122 Å². The summed E-state index contributed by atoms with van der Waals surface area (Å²) in [5.74, 6) is -0.511. The third-order valence-electron chi connectivity index (χ3n) is 2.79. The van der Waals surface area contributed by atoms with Crippen molar-refractivity contribution in [1.82, 2.24) is 4.98 Å². The molecule has 0 spiro atoms. The Morgan fingerprint density at radius 1 is 1.29 bits per heavy atom. The lowest BCUT2D eigenvalue weighted by atomic mass is 10.1. The molecule has 1 aromatic heterocycles. The second-order valence-corrected chi connectivity index (χ2v) is 5.93. The summed E-state index contributed by atoms with van der Waals surface area (Å²) >= 11 is 0. The monoisotopic (exact) mass is 306 g/mol. The van der Waals surface area contributed by atoms with Crippen molar-refractivity contribution in [1.29, 1.82) is 0 Å². The number of carbonyl (C=O) groups excluding carboxylic acids is 1. The molecule has 2 rings (SSSR count). The molecule has 0 saturated carbocycles. The molecule has 0 aliphatic heterocycles. The highest BCUT2D eigenvalue weighted by atomic mass is 32.2. The Morgan fingerprint density at radius 3 is 2.62 bits per heavy atom. The first-order valence-electron chi connectivity index (χ1n) is 5.94. The van der Waals surface area contributed by atoms with Crippen LogP contribution in [0.1, 0.15) is 16.1 Å². The molecule has 21 heavy (non-hydrogen) atoms. The lowest BCUT2D eigenvalue weighted by molar-refractivity contribution is 0.102. The van der Waals surface area contributed by atoms with Gasteiger partial charge in [0.1, 0.15) is 4.90 Å². The summed E-state index contributed by atoms with van der Waals surface area (Å²) in [5.41, 5.74) is 6.79. The minimum Gasteiger partial charge on any atom is -0.397 e. The first kappa shape index (κ1) is 14.9. The second kappa shape index (κ2) is 5.51. The number of nitrogens with two attached hydrogens (primary N) is 2. The van der Waals surface area contributed by atoms with Crippen molar-refractivity contribution < 1.29 is 13.2 Å². The standard InChI is InChI=1S/C13H14N4O3S/c1-8-10(6-9(14)7-16-8)13(18)17-11-4-2-3-5-12(11)21(15,19)20/h2-7H,14H2,1H3,(H,17,18)(H2,15,19,20). The molecule has 110 valence electrons. The van der Waals surface area contributed by atoms with Gasteiger partial charge in [0.15, 0.2) is 0 Å². The number of aryl methyl sites for hydroxylation is 1. The summed E-state index contributed by atoms with van der Waals surface area (Å²) < 4.78 is 23.0. The van der Waals surface area contributed by atoms with Crippen LogP contribution in [0.15, 0.2) is 41.4 Å². The molecule has 5 N–H and O–H groups in total. The van der Waals surface area contributed by atoms with Gasteiger partial charge in [0.2, 0.25) is 10.0 Å². The van der Waals surface area contributed by atoms with Crippen LogP contribution in [0.25, 0.3) is 0 Å². The maximum absolute atomic E-state index is 12.2. The number of hydrogen-bond acceptors (Lipinski definition) is 5. The molecular formula is C13H14N4O3S. The van der Waals surface area contributed by atoms with E-state index in [0.717, 1.165) is 0 Å². The van der Waals surface area contributed by atoms with Gasteiger partial charge in [0.25, 0.3) is 5.91 Å². The van der Waals surface area contributed by atoms with Crippen LogP contribution in [0.2, 0.25) is 0 Å². The van der Waals surface area contributed by atoms with E-state index in [1.54, 1.807) is 13.0 Å². The van der Waals surface area contributed by atoms with Gasteiger partial charge in [0.05, 0.1) is 28.8 Å². The molecule has 0 saturated heterocycles. The van der Waals surface area contributed by atoms with Gasteiger partial charge in [-0.05, 0) is 25.1 Å². The number of nitrogens with zero attached hydrogens (tertiary/aromatic N) is 1. The number of sulfonamides is 1. The maximum atomic E-state index is 12.2. The van der Waals surface area contributed by atoms with Gasteiger partial charge < -0.3 is 11.1 Å². The third-order valence-corrected chi connectivity index (χ3v) is 3.76. The lowest BCUT2D eigenvalue weighted by Gasteiger charge is -2.10. The molecule has 0 atom stereocenters. The van der Waals surface area contributed by atoms with E-state index < -0.39 is 15.9 Å². The van der Waals surface area contributed by atoms with Gasteiger partial charge in [-0.3, -0.25) is 9.78 Å². The molecule has 7 nitrogen and oxygen atoms in total. The van der Waals surface area contributed by atoms with Crippen molar-refractivity contribution in [2.24, 2.45) is 5.14 Å². The predicted molar refractivity (Wildman–Crippen MR) is 79.2 cm³/mol. The normalized spacial score (nSPS) is 11.1. The number of hydrogen-bond donors (Lipinski definition) is 3. The third kappa shape index (κ3) is 3.36. The summed E-state index contributed by atoms with van der Waals surface area (Å²) in [6.07, 6.45) is 1.43. The van der Waals surface area contributed by atoms with Crippen molar-refractivity contribution in [3.8, 4) is 0 Å². The topological polar surface area (TPSA) is 128 Å². The first-order chi connectivity index (χ1) is 9.79. The van der Waals surface area contributed by atoms with Crippen LogP contribution in [0.3, 0.4) is 0 Å². The quantitative estimate of drug-likeness (QED) is 0.775. The zero-order chi connectivity index (χ0) is 15.6. The Hall–Kier alpha value is -2.45. The van der Waals surface area contributed by atoms with E-state index >= 15 is 0 Å². The van der Waals surface area contributed by atoms with Crippen LogP contribution in [-0.4, -0.2) is 19.3 Å². The van der Waals surface area contributed by atoms with Crippen LogP contribution in [0, 0.1) is 6.92 Å². The average Bonchev–Trinajstić information content (AvgIpc) is 2.41. The molecule has 0 radical (unpaired) electrons. The van der Waals surface area contributed by atoms with E-state index in [-0.39, 0.29) is 16.1 Å². The van der Waals surface area contributed by atoms with Crippen LogP contribution >= 0.6 is 0 Å². The minimum atomic E-state index is -3.93. The fourth-order valence-corrected chi connectivity index (χ4v) is 2.48. The number of para-hydroxylation sites is 1. The molecule has 1 aromatic carbocycles. The van der Waals surface area contributed by atoms with Gasteiger partial charge in [-0.1, -0.05) is 12.1 Å². The predicted octanol–water partition coefficient (Wildman–Crippen LogP) is 0.872. The second-order valence-electron chi connectivity index (χ2n) is 4.40. The Morgan fingerprint density at radius 2 is 1.95 bits per heavy atom. The number of nitrogen functional groups attached to an aromatic ring is 1. The summed E-state index contributed by atoms with van der Waals surface area (Å²) in [5, 5.41) is 7.62. The number of anilines is 2. The zero-order valence-electron chi connectivity index (χ0n) is 11.2. The van der Waals surface area contributed by atoms with Gasteiger partial charge in [0, 0.05) is 0 Å². The maximum Gasteiger partial charge on any atom is 0.257 e. The van der Waals surface area contributed by atoms with Crippen molar-refractivity contribution >= 4 is 27.3 Å². The van der Waals surface area contributed by atoms with Crippen molar-refractivity contribution in [3.63, 3.8) is 0 Å². The van der Waals surface area contributed by atoms with Crippen LogP contribution in [0.4, 0.5) is 11.4 Å². The number of benzene rings is 1. The average molecular weight is 306 g/mol. The number of primary sulfonamides is 1. The van der Waals surface area contributed by atoms with E-state index in [2.05, 4.69) is 10.3 Å². The summed E-state index contributed by atoms with van der Waals surface area (Å²) in [6.45, 7) is 1.65. The number of amides is 1. The molecule has 1 amide bonds. The molecule has 0 unspecified atom stereocenters. The molecule has 8 heteroatoms. The van der Waals surface area contributed by atoms with Gasteiger partial charge >= 0.3 is 0 Å². The van der Waals surface area contributed by atoms with Crippen molar-refractivity contribution in [2.45, 2.75) is 11.8 Å². The van der Waals surface area contributed by atoms with Crippen LogP contribution in [0.5, 0.6) is 0 Å². The molecule has 0 fully saturated rings. The summed E-state index contributed by atoms with van der Waals surface area (Å²) in [4.78, 5) is 16.0. The van der Waals surface area contributed by atoms with E-state index in [0.29, 0.717) is 11.4 Å². The minimum absolute atomic E-state index is 0.104. The van der Waals surface area contributed by atoms with Crippen molar-refractivity contribution in [2.75, 3.05) is 11.1 Å². The molecule has 2 aromatic rings. The molecule has 1 heterocycles.